The minimum atomic E-state index is 0.306. The first-order valence-electron chi connectivity index (χ1n) is 7.34. The quantitative estimate of drug-likeness (QED) is 0.827. The van der Waals surface area contributed by atoms with Crippen LogP contribution in [0.4, 0.5) is 0 Å². The van der Waals surface area contributed by atoms with E-state index in [2.05, 4.69) is 63.3 Å². The van der Waals surface area contributed by atoms with Crippen molar-refractivity contribution in [1.82, 2.24) is 5.32 Å². The summed E-state index contributed by atoms with van der Waals surface area (Å²) < 4.78 is 0. The van der Waals surface area contributed by atoms with E-state index in [9.17, 15) is 0 Å². The van der Waals surface area contributed by atoms with Crippen molar-refractivity contribution in [1.29, 1.82) is 0 Å². The van der Waals surface area contributed by atoms with Crippen LogP contribution in [-0.4, -0.2) is 7.05 Å². The third kappa shape index (κ3) is 3.50. The van der Waals surface area contributed by atoms with Crippen molar-refractivity contribution in [2.75, 3.05) is 7.05 Å². The summed E-state index contributed by atoms with van der Waals surface area (Å²) in [5, 5.41) is 3.45. The van der Waals surface area contributed by atoms with Crippen LogP contribution in [-0.2, 0) is 6.42 Å². The first kappa shape index (κ1) is 15.3. The van der Waals surface area contributed by atoms with Crippen LogP contribution in [0.25, 0.3) is 0 Å². The highest BCUT2D eigenvalue weighted by atomic mass is 32.1. The van der Waals surface area contributed by atoms with Crippen LogP contribution in [0.15, 0.2) is 30.3 Å². The Morgan fingerprint density at radius 2 is 1.75 bits per heavy atom. The molecule has 0 fully saturated rings. The summed E-state index contributed by atoms with van der Waals surface area (Å²) in [6.07, 6.45) is 1.15. The molecule has 0 spiro atoms. The van der Waals surface area contributed by atoms with Gasteiger partial charge in [-0.05, 0) is 56.0 Å². The van der Waals surface area contributed by atoms with Gasteiger partial charge in [-0.3, -0.25) is 0 Å². The smallest absolute Gasteiger partial charge is 0.0668 e. The van der Waals surface area contributed by atoms with E-state index in [0.29, 0.717) is 12.0 Å². The van der Waals surface area contributed by atoms with Gasteiger partial charge in [-0.1, -0.05) is 38.1 Å². The van der Waals surface area contributed by atoms with Crippen LogP contribution in [0.1, 0.15) is 46.3 Å². The second-order valence-electron chi connectivity index (χ2n) is 5.95. The summed E-state index contributed by atoms with van der Waals surface area (Å²) in [7, 11) is 2.04. The zero-order valence-electron chi connectivity index (χ0n) is 13.2. The van der Waals surface area contributed by atoms with E-state index in [0.717, 1.165) is 6.42 Å². The average Bonchev–Trinajstić information content (AvgIpc) is 2.72. The molecule has 108 valence electrons. The van der Waals surface area contributed by atoms with E-state index in [1.54, 1.807) is 0 Å². The molecule has 2 aromatic rings. The summed E-state index contributed by atoms with van der Waals surface area (Å²) in [6.45, 7) is 8.92. The van der Waals surface area contributed by atoms with Crippen molar-refractivity contribution < 1.29 is 0 Å². The van der Waals surface area contributed by atoms with Crippen LogP contribution < -0.4 is 5.32 Å². The van der Waals surface area contributed by atoms with Crippen molar-refractivity contribution in [2.45, 2.75) is 40.2 Å². The van der Waals surface area contributed by atoms with Gasteiger partial charge in [0.2, 0.25) is 0 Å². The zero-order valence-corrected chi connectivity index (χ0v) is 14.0. The summed E-state index contributed by atoms with van der Waals surface area (Å²) in [5.41, 5.74) is 4.17. The van der Waals surface area contributed by atoms with E-state index in [-0.39, 0.29) is 0 Å². The van der Waals surface area contributed by atoms with Gasteiger partial charge in [0.05, 0.1) is 6.04 Å². The molecule has 1 aromatic heterocycles. The third-order valence-electron chi connectivity index (χ3n) is 3.72. The number of thiophene rings is 1. The lowest BCUT2D eigenvalue weighted by atomic mass is 9.99. The molecule has 0 saturated carbocycles. The second kappa shape index (κ2) is 6.55. The van der Waals surface area contributed by atoms with Gasteiger partial charge in [0.25, 0.3) is 0 Å². The standard InChI is InChI=1S/C18H25NS/c1-12(2)10-15-6-8-16(9-7-15)18(19-5)17-11-13(3)14(4)20-17/h6-9,11-12,18-19H,10H2,1-5H3. The number of hydrogen-bond donors (Lipinski definition) is 1. The summed E-state index contributed by atoms with van der Waals surface area (Å²) >= 11 is 1.89. The molecular weight excluding hydrogens is 262 g/mol. The topological polar surface area (TPSA) is 12.0 Å². The predicted molar refractivity (Wildman–Crippen MR) is 89.7 cm³/mol. The van der Waals surface area contributed by atoms with Gasteiger partial charge in [0, 0.05) is 9.75 Å². The molecule has 1 aromatic carbocycles. The van der Waals surface area contributed by atoms with E-state index < -0.39 is 0 Å². The Kier molecular flexibility index (Phi) is 5.00. The van der Waals surface area contributed by atoms with Gasteiger partial charge in [-0.2, -0.15) is 0 Å². The minimum Gasteiger partial charge on any atom is -0.309 e. The third-order valence-corrected chi connectivity index (χ3v) is 4.93. The van der Waals surface area contributed by atoms with Crippen LogP contribution in [0.3, 0.4) is 0 Å². The highest BCUT2D eigenvalue weighted by molar-refractivity contribution is 7.12. The highest BCUT2D eigenvalue weighted by Gasteiger charge is 2.15. The van der Waals surface area contributed by atoms with Crippen molar-refractivity contribution in [3.8, 4) is 0 Å². The lowest BCUT2D eigenvalue weighted by Crippen LogP contribution is -2.16. The molecule has 1 unspecified atom stereocenters. The van der Waals surface area contributed by atoms with Gasteiger partial charge in [0.1, 0.15) is 0 Å². The molecule has 0 radical (unpaired) electrons. The Morgan fingerprint density at radius 1 is 1.10 bits per heavy atom. The Balaban J connectivity index is 2.23. The van der Waals surface area contributed by atoms with Gasteiger partial charge >= 0.3 is 0 Å². The molecule has 2 rings (SSSR count). The fraction of sp³-hybridized carbons (Fsp3) is 0.444. The molecule has 1 nitrogen and oxygen atoms in total. The average molecular weight is 287 g/mol. The molecule has 1 N–H and O–H groups in total. The second-order valence-corrected chi connectivity index (χ2v) is 7.24. The summed E-state index contributed by atoms with van der Waals surface area (Å²) in [4.78, 5) is 2.82. The fourth-order valence-corrected chi connectivity index (χ4v) is 3.72. The first-order chi connectivity index (χ1) is 9.51. The van der Waals surface area contributed by atoms with E-state index in [1.165, 1.54) is 26.4 Å². The fourth-order valence-electron chi connectivity index (χ4n) is 2.53. The lowest BCUT2D eigenvalue weighted by molar-refractivity contribution is 0.646. The normalized spacial score (nSPS) is 12.9. The Morgan fingerprint density at radius 3 is 2.20 bits per heavy atom. The van der Waals surface area contributed by atoms with Gasteiger partial charge in [0.15, 0.2) is 0 Å². The number of hydrogen-bond acceptors (Lipinski definition) is 2. The number of rotatable bonds is 5. The van der Waals surface area contributed by atoms with Gasteiger partial charge in [-0.15, -0.1) is 11.3 Å². The molecule has 0 aliphatic rings. The van der Waals surface area contributed by atoms with Crippen molar-refractivity contribution in [3.63, 3.8) is 0 Å². The molecule has 20 heavy (non-hydrogen) atoms. The summed E-state index contributed by atoms with van der Waals surface area (Å²) in [5.74, 6) is 0.712. The number of aryl methyl sites for hydroxylation is 2. The molecule has 1 heterocycles. The highest BCUT2D eigenvalue weighted by Crippen LogP contribution is 2.30. The van der Waals surface area contributed by atoms with Crippen LogP contribution in [0, 0.1) is 19.8 Å². The van der Waals surface area contributed by atoms with Crippen LogP contribution in [0.5, 0.6) is 0 Å². The van der Waals surface area contributed by atoms with Crippen molar-refractivity contribution in [2.24, 2.45) is 5.92 Å². The van der Waals surface area contributed by atoms with E-state index in [1.807, 2.05) is 18.4 Å². The summed E-state index contributed by atoms with van der Waals surface area (Å²) in [6, 6.07) is 11.7. The van der Waals surface area contributed by atoms with E-state index in [4.69, 9.17) is 0 Å². The molecule has 1 atom stereocenters. The van der Waals surface area contributed by atoms with Gasteiger partial charge in [-0.25, -0.2) is 0 Å². The molecule has 2 heteroatoms. The lowest BCUT2D eigenvalue weighted by Gasteiger charge is -2.16. The van der Waals surface area contributed by atoms with E-state index >= 15 is 0 Å². The maximum atomic E-state index is 3.45. The van der Waals surface area contributed by atoms with Crippen LogP contribution >= 0.6 is 11.3 Å². The minimum absolute atomic E-state index is 0.306. The number of nitrogens with one attached hydrogen (secondary N) is 1. The maximum absolute atomic E-state index is 3.45. The SMILES string of the molecule is CNC(c1ccc(CC(C)C)cc1)c1cc(C)c(C)s1. The number of benzene rings is 1. The molecule has 0 bridgehead atoms. The molecule has 0 aliphatic heterocycles. The molecule has 0 saturated heterocycles. The zero-order chi connectivity index (χ0) is 14.7. The monoisotopic (exact) mass is 287 g/mol. The van der Waals surface area contributed by atoms with Crippen LogP contribution in [0.2, 0.25) is 0 Å². The largest absolute Gasteiger partial charge is 0.309 e. The maximum Gasteiger partial charge on any atom is 0.0668 e. The Bertz CT molecular complexity index is 532. The predicted octanol–water partition coefficient (Wildman–Crippen LogP) is 4.87. The van der Waals surface area contributed by atoms with Gasteiger partial charge < -0.3 is 5.32 Å². The molecule has 0 amide bonds. The first-order valence-corrected chi connectivity index (χ1v) is 8.16. The molecular formula is C18H25NS. The Hall–Kier alpha value is -1.12. The molecule has 0 aliphatic carbocycles. The van der Waals surface area contributed by atoms with Crippen molar-refractivity contribution >= 4 is 11.3 Å². The van der Waals surface area contributed by atoms with Crippen molar-refractivity contribution in [3.05, 3.63) is 56.8 Å². The Labute approximate surface area is 127 Å².